The molecule has 0 aliphatic carbocycles. The Labute approximate surface area is 172 Å². The van der Waals surface area contributed by atoms with E-state index in [1.807, 2.05) is 43.3 Å². The van der Waals surface area contributed by atoms with Gasteiger partial charge in [0.15, 0.2) is 11.5 Å². The predicted molar refractivity (Wildman–Crippen MR) is 115 cm³/mol. The second-order valence-electron chi connectivity index (χ2n) is 6.04. The monoisotopic (exact) mass is 475 g/mol. The SMILES string of the molecule is COc1cc(C=Nc2ccc(C)cc2)cc(I)c1OCc1ccc(F)cc1. The number of aliphatic imine (C=N–C) groups is 1. The molecule has 0 aliphatic rings. The van der Waals surface area contributed by atoms with Crippen LogP contribution in [0, 0.1) is 16.3 Å². The van der Waals surface area contributed by atoms with E-state index in [-0.39, 0.29) is 5.82 Å². The highest BCUT2D eigenvalue weighted by Gasteiger charge is 2.11. The molecule has 0 atom stereocenters. The first-order valence-corrected chi connectivity index (χ1v) is 9.48. The van der Waals surface area contributed by atoms with Crippen molar-refractivity contribution in [2.75, 3.05) is 7.11 Å². The molecule has 0 heterocycles. The molecule has 138 valence electrons. The van der Waals surface area contributed by atoms with Gasteiger partial charge in [-0.3, -0.25) is 4.99 Å². The van der Waals surface area contributed by atoms with E-state index in [0.29, 0.717) is 18.1 Å². The van der Waals surface area contributed by atoms with Gasteiger partial charge < -0.3 is 9.47 Å². The predicted octanol–water partition coefficient (Wildman–Crippen LogP) is 6.08. The van der Waals surface area contributed by atoms with Gasteiger partial charge in [0.1, 0.15) is 12.4 Å². The first-order valence-electron chi connectivity index (χ1n) is 8.40. The molecule has 0 aromatic heterocycles. The molecule has 0 spiro atoms. The topological polar surface area (TPSA) is 30.8 Å². The summed E-state index contributed by atoms with van der Waals surface area (Å²) in [7, 11) is 1.61. The zero-order chi connectivity index (χ0) is 19.2. The highest BCUT2D eigenvalue weighted by molar-refractivity contribution is 14.1. The number of methoxy groups -OCH3 is 1. The number of benzene rings is 3. The molecule has 0 bridgehead atoms. The third-order valence-corrected chi connectivity index (χ3v) is 4.75. The van der Waals surface area contributed by atoms with Gasteiger partial charge in [-0.15, -0.1) is 0 Å². The van der Waals surface area contributed by atoms with E-state index in [2.05, 4.69) is 27.6 Å². The maximum atomic E-state index is 13.0. The second kappa shape index (κ2) is 8.99. The van der Waals surface area contributed by atoms with E-state index in [4.69, 9.17) is 9.47 Å². The molecule has 0 fully saturated rings. The van der Waals surface area contributed by atoms with Gasteiger partial charge in [0, 0.05) is 6.21 Å². The lowest BCUT2D eigenvalue weighted by molar-refractivity contribution is 0.282. The minimum absolute atomic E-state index is 0.261. The maximum Gasteiger partial charge on any atom is 0.174 e. The molecule has 0 radical (unpaired) electrons. The summed E-state index contributed by atoms with van der Waals surface area (Å²) in [4.78, 5) is 4.51. The highest BCUT2D eigenvalue weighted by Crippen LogP contribution is 2.34. The smallest absolute Gasteiger partial charge is 0.174 e. The highest BCUT2D eigenvalue weighted by atomic mass is 127. The van der Waals surface area contributed by atoms with Crippen molar-refractivity contribution in [3.05, 3.63) is 86.7 Å². The normalized spacial score (nSPS) is 11.0. The fraction of sp³-hybridized carbons (Fsp3) is 0.136. The number of halogens is 2. The first-order chi connectivity index (χ1) is 13.0. The van der Waals surface area contributed by atoms with E-state index in [1.165, 1.54) is 17.7 Å². The largest absolute Gasteiger partial charge is 0.493 e. The standard InChI is InChI=1S/C22H19FINO2/c1-15-3-9-19(10-4-15)25-13-17-11-20(24)22(21(12-17)26-2)27-14-16-5-7-18(23)8-6-16/h3-13H,14H2,1-2H3. The zero-order valence-corrected chi connectivity index (χ0v) is 17.2. The minimum Gasteiger partial charge on any atom is -0.493 e. The van der Waals surface area contributed by atoms with Crippen LogP contribution in [0.5, 0.6) is 11.5 Å². The summed E-state index contributed by atoms with van der Waals surface area (Å²) in [5.74, 6) is 1.03. The molecule has 3 nitrogen and oxygen atoms in total. The van der Waals surface area contributed by atoms with Gasteiger partial charge in [-0.1, -0.05) is 29.8 Å². The van der Waals surface area contributed by atoms with Crippen LogP contribution in [-0.4, -0.2) is 13.3 Å². The summed E-state index contributed by atoms with van der Waals surface area (Å²) in [5.41, 5.74) is 3.91. The Kier molecular flexibility index (Phi) is 6.45. The molecule has 3 aromatic carbocycles. The van der Waals surface area contributed by atoms with Crippen LogP contribution in [0.4, 0.5) is 10.1 Å². The molecule has 5 heteroatoms. The van der Waals surface area contributed by atoms with Gasteiger partial charge >= 0.3 is 0 Å². The van der Waals surface area contributed by atoms with E-state index in [9.17, 15) is 4.39 Å². The van der Waals surface area contributed by atoms with E-state index < -0.39 is 0 Å². The van der Waals surface area contributed by atoms with Gasteiger partial charge in [-0.2, -0.15) is 0 Å². The van der Waals surface area contributed by atoms with Crippen LogP contribution in [0.2, 0.25) is 0 Å². The maximum absolute atomic E-state index is 13.0. The Morgan fingerprint density at radius 2 is 1.74 bits per heavy atom. The average molecular weight is 475 g/mol. The number of rotatable bonds is 6. The van der Waals surface area contributed by atoms with Crippen LogP contribution < -0.4 is 9.47 Å². The molecular weight excluding hydrogens is 456 g/mol. The number of hydrogen-bond acceptors (Lipinski definition) is 3. The Morgan fingerprint density at radius 1 is 1.04 bits per heavy atom. The first kappa shape index (κ1) is 19.4. The summed E-state index contributed by atoms with van der Waals surface area (Å²) in [6.07, 6.45) is 1.80. The molecule has 0 unspecified atom stereocenters. The Hall–Kier alpha value is -2.41. The van der Waals surface area contributed by atoms with E-state index in [0.717, 1.165) is 20.4 Å². The van der Waals surface area contributed by atoms with Crippen LogP contribution in [0.3, 0.4) is 0 Å². The number of aryl methyl sites for hydroxylation is 1. The summed E-state index contributed by atoms with van der Waals surface area (Å²) in [6, 6.07) is 18.2. The summed E-state index contributed by atoms with van der Waals surface area (Å²) < 4.78 is 25.3. The van der Waals surface area contributed by atoms with Gasteiger partial charge in [0.25, 0.3) is 0 Å². The van der Waals surface area contributed by atoms with Gasteiger partial charge in [0.05, 0.1) is 16.4 Å². The van der Waals surface area contributed by atoms with Crippen LogP contribution in [0.1, 0.15) is 16.7 Å². The van der Waals surface area contributed by atoms with Crippen molar-refractivity contribution in [1.82, 2.24) is 0 Å². The van der Waals surface area contributed by atoms with E-state index >= 15 is 0 Å². The fourth-order valence-corrected chi connectivity index (χ4v) is 3.25. The average Bonchev–Trinajstić information content (AvgIpc) is 2.67. The van der Waals surface area contributed by atoms with Crippen LogP contribution in [-0.2, 0) is 6.61 Å². The summed E-state index contributed by atoms with van der Waals surface area (Å²) >= 11 is 2.22. The molecule has 3 rings (SSSR count). The molecule has 3 aromatic rings. The quantitative estimate of drug-likeness (QED) is 0.320. The van der Waals surface area contributed by atoms with Crippen LogP contribution in [0.25, 0.3) is 0 Å². The van der Waals surface area contributed by atoms with Crippen molar-refractivity contribution >= 4 is 34.5 Å². The number of nitrogens with zero attached hydrogens (tertiary/aromatic N) is 1. The molecule has 0 N–H and O–H groups in total. The molecule has 0 saturated heterocycles. The third-order valence-electron chi connectivity index (χ3n) is 3.94. The summed E-state index contributed by atoms with van der Waals surface area (Å²) in [5, 5.41) is 0. The Morgan fingerprint density at radius 3 is 2.41 bits per heavy atom. The molecule has 0 saturated carbocycles. The fourth-order valence-electron chi connectivity index (χ4n) is 2.47. The number of ether oxygens (including phenoxy) is 2. The second-order valence-corrected chi connectivity index (χ2v) is 7.21. The van der Waals surface area contributed by atoms with Crippen LogP contribution >= 0.6 is 22.6 Å². The Bertz CT molecular complexity index is 938. The van der Waals surface area contributed by atoms with Crippen molar-refractivity contribution < 1.29 is 13.9 Å². The molecule has 0 amide bonds. The van der Waals surface area contributed by atoms with E-state index in [1.54, 1.807) is 25.5 Å². The lowest BCUT2D eigenvalue weighted by Gasteiger charge is -2.13. The summed E-state index contributed by atoms with van der Waals surface area (Å²) in [6.45, 7) is 2.38. The van der Waals surface area contributed by atoms with Crippen molar-refractivity contribution in [3.63, 3.8) is 0 Å². The van der Waals surface area contributed by atoms with Crippen LogP contribution in [0.15, 0.2) is 65.7 Å². The van der Waals surface area contributed by atoms with Gasteiger partial charge in [0.2, 0.25) is 0 Å². The third kappa shape index (κ3) is 5.29. The van der Waals surface area contributed by atoms with Crippen molar-refractivity contribution in [1.29, 1.82) is 0 Å². The van der Waals surface area contributed by atoms with Crippen molar-refractivity contribution in [3.8, 4) is 11.5 Å². The molecule has 27 heavy (non-hydrogen) atoms. The van der Waals surface area contributed by atoms with Crippen molar-refractivity contribution in [2.45, 2.75) is 13.5 Å². The van der Waals surface area contributed by atoms with Crippen molar-refractivity contribution in [2.24, 2.45) is 4.99 Å². The van der Waals surface area contributed by atoms with Gasteiger partial charge in [-0.25, -0.2) is 4.39 Å². The minimum atomic E-state index is -0.261. The molecule has 0 aliphatic heterocycles. The number of hydrogen-bond donors (Lipinski definition) is 0. The zero-order valence-electron chi connectivity index (χ0n) is 15.1. The lowest BCUT2D eigenvalue weighted by Crippen LogP contribution is -2.01. The molecular formula is C22H19FINO2. The Balaban J connectivity index is 1.77. The van der Waals surface area contributed by atoms with Gasteiger partial charge in [-0.05, 0) is 77.0 Å². The lowest BCUT2D eigenvalue weighted by atomic mass is 10.2.